The molecule has 1 aliphatic carbocycles. The highest BCUT2D eigenvalue weighted by molar-refractivity contribution is 5.82. The van der Waals surface area contributed by atoms with Crippen LogP contribution in [0.1, 0.15) is 36.9 Å². The number of amides is 1. The lowest BCUT2D eigenvalue weighted by Crippen LogP contribution is -2.57. The van der Waals surface area contributed by atoms with Crippen LogP contribution in [0.2, 0.25) is 0 Å². The monoisotopic (exact) mass is 462 g/mol. The van der Waals surface area contributed by atoms with Gasteiger partial charge < -0.3 is 24.6 Å². The first-order valence-electron chi connectivity index (χ1n) is 12.6. The summed E-state index contributed by atoms with van der Waals surface area (Å²) >= 11 is 0. The molecule has 2 aromatic rings. The fourth-order valence-corrected chi connectivity index (χ4v) is 5.94. The Morgan fingerprint density at radius 3 is 2.82 bits per heavy atom. The standard InChI is InChI=1S/C25H30N6O3/c32-24(29-13-8-25(9-14-29)33-20-3-1-2-4-21(20)34-25)17-15-30(16-17)23-18-5-10-26-11-6-19(18)28-22-7-12-27-31(22)23/h1,3,7,12,17,26H,2,4-6,8-11,13-16H2. The summed E-state index contributed by atoms with van der Waals surface area (Å²) in [5, 5.41) is 8.03. The molecular weight excluding hydrogens is 432 g/mol. The number of hydrogen-bond donors (Lipinski definition) is 1. The minimum Gasteiger partial charge on any atom is -0.453 e. The zero-order valence-corrected chi connectivity index (χ0v) is 19.3. The molecule has 0 aromatic carbocycles. The van der Waals surface area contributed by atoms with Gasteiger partial charge in [-0.25, -0.2) is 4.98 Å². The van der Waals surface area contributed by atoms with Gasteiger partial charge in [-0.1, -0.05) is 6.08 Å². The molecule has 2 aromatic heterocycles. The molecule has 178 valence electrons. The number of hydrogen-bond acceptors (Lipinski definition) is 7. The maximum Gasteiger partial charge on any atom is 0.254 e. The number of likely N-dealkylation sites (tertiary alicyclic amines) is 1. The number of nitrogens with one attached hydrogen (secondary N) is 1. The third-order valence-corrected chi connectivity index (χ3v) is 7.84. The first kappa shape index (κ1) is 20.3. The predicted molar refractivity (Wildman–Crippen MR) is 125 cm³/mol. The third-order valence-electron chi connectivity index (χ3n) is 7.84. The number of carbonyl (C=O) groups is 1. The Kier molecular flexibility index (Phi) is 4.62. The molecule has 2 fully saturated rings. The summed E-state index contributed by atoms with van der Waals surface area (Å²) in [5.41, 5.74) is 3.31. The van der Waals surface area contributed by atoms with Crippen molar-refractivity contribution in [1.82, 2.24) is 24.8 Å². The molecule has 0 atom stereocenters. The normalized spacial score (nSPS) is 23.9. The molecule has 5 aliphatic rings. The Morgan fingerprint density at radius 2 is 1.97 bits per heavy atom. The molecule has 1 N–H and O–H groups in total. The summed E-state index contributed by atoms with van der Waals surface area (Å²) in [7, 11) is 0. The predicted octanol–water partition coefficient (Wildman–Crippen LogP) is 1.78. The fourth-order valence-electron chi connectivity index (χ4n) is 5.94. The van der Waals surface area contributed by atoms with Gasteiger partial charge in [0, 0.05) is 70.0 Å². The number of aromatic nitrogens is 3. The summed E-state index contributed by atoms with van der Waals surface area (Å²) in [6.45, 7) is 4.71. The summed E-state index contributed by atoms with van der Waals surface area (Å²) in [6.07, 6.45) is 11.2. The second-order valence-corrected chi connectivity index (χ2v) is 9.98. The van der Waals surface area contributed by atoms with Crippen molar-refractivity contribution in [3.8, 4) is 0 Å². The Labute approximate surface area is 198 Å². The van der Waals surface area contributed by atoms with Gasteiger partial charge in [0.15, 0.2) is 11.4 Å². The second kappa shape index (κ2) is 7.73. The van der Waals surface area contributed by atoms with E-state index in [2.05, 4.69) is 21.4 Å². The smallest absolute Gasteiger partial charge is 0.254 e. The number of ether oxygens (including phenoxy) is 2. The molecule has 1 spiro atoms. The summed E-state index contributed by atoms with van der Waals surface area (Å²) in [5.74, 6) is 2.68. The maximum absolute atomic E-state index is 13.3. The SMILES string of the molecule is O=C(C1CN(c2c3c(nc4ccnn24)CCNCC3)C1)N1CCC2(CC1)OC1=C(CCC=C1)O2. The van der Waals surface area contributed by atoms with Gasteiger partial charge in [-0.05, 0) is 25.5 Å². The number of carbonyl (C=O) groups excluding carboxylic acids is 1. The first-order chi connectivity index (χ1) is 16.7. The van der Waals surface area contributed by atoms with Crippen LogP contribution in [0.15, 0.2) is 35.9 Å². The van der Waals surface area contributed by atoms with Crippen molar-refractivity contribution in [1.29, 1.82) is 0 Å². The Morgan fingerprint density at radius 1 is 1.12 bits per heavy atom. The molecule has 7 rings (SSSR count). The fraction of sp³-hybridized carbons (Fsp3) is 0.560. The minimum atomic E-state index is -0.573. The lowest BCUT2D eigenvalue weighted by Gasteiger charge is -2.45. The lowest BCUT2D eigenvalue weighted by atomic mass is 9.94. The second-order valence-electron chi connectivity index (χ2n) is 9.98. The van der Waals surface area contributed by atoms with E-state index in [0.717, 1.165) is 93.4 Å². The van der Waals surface area contributed by atoms with Crippen LogP contribution in [0.5, 0.6) is 0 Å². The van der Waals surface area contributed by atoms with Crippen LogP contribution in [-0.4, -0.2) is 70.5 Å². The van der Waals surface area contributed by atoms with E-state index in [1.165, 1.54) is 5.56 Å². The highest BCUT2D eigenvalue weighted by Crippen LogP contribution is 2.42. The van der Waals surface area contributed by atoms with Crippen molar-refractivity contribution in [2.75, 3.05) is 44.2 Å². The third kappa shape index (κ3) is 3.20. The molecule has 2 saturated heterocycles. The quantitative estimate of drug-likeness (QED) is 0.728. The Bertz CT molecular complexity index is 1200. The minimum absolute atomic E-state index is 0.0204. The number of nitrogens with zero attached hydrogens (tertiary/aromatic N) is 5. The Hall–Kier alpha value is -3.07. The van der Waals surface area contributed by atoms with Crippen LogP contribution in [0.3, 0.4) is 0 Å². The average molecular weight is 463 g/mol. The molecule has 0 radical (unpaired) electrons. The van der Waals surface area contributed by atoms with Crippen molar-refractivity contribution in [2.24, 2.45) is 5.92 Å². The number of rotatable bonds is 2. The summed E-state index contributed by atoms with van der Waals surface area (Å²) in [4.78, 5) is 22.5. The molecular formula is C25H30N6O3. The zero-order chi connectivity index (χ0) is 22.7. The van der Waals surface area contributed by atoms with Gasteiger partial charge in [0.25, 0.3) is 5.79 Å². The maximum atomic E-state index is 13.3. The highest BCUT2D eigenvalue weighted by atomic mass is 16.7. The van der Waals surface area contributed by atoms with Gasteiger partial charge in [-0.15, -0.1) is 0 Å². The molecule has 0 saturated carbocycles. The number of allylic oxidation sites excluding steroid dienone is 3. The average Bonchev–Trinajstić information content (AvgIpc) is 3.35. The molecule has 9 heteroatoms. The Balaban J connectivity index is 1.03. The first-order valence-corrected chi connectivity index (χ1v) is 12.6. The van der Waals surface area contributed by atoms with Gasteiger partial charge in [-0.3, -0.25) is 4.79 Å². The number of anilines is 1. The topological polar surface area (TPSA) is 84.2 Å². The lowest BCUT2D eigenvalue weighted by molar-refractivity contribution is -0.185. The van der Waals surface area contributed by atoms with Gasteiger partial charge in [0.05, 0.1) is 17.8 Å². The van der Waals surface area contributed by atoms with Gasteiger partial charge in [-0.2, -0.15) is 9.61 Å². The van der Waals surface area contributed by atoms with E-state index in [9.17, 15) is 4.79 Å². The largest absolute Gasteiger partial charge is 0.453 e. The van der Waals surface area contributed by atoms with Gasteiger partial charge >= 0.3 is 0 Å². The molecule has 34 heavy (non-hydrogen) atoms. The van der Waals surface area contributed by atoms with Gasteiger partial charge in [0.1, 0.15) is 11.6 Å². The molecule has 9 nitrogen and oxygen atoms in total. The number of piperidine rings is 1. The van der Waals surface area contributed by atoms with E-state index in [4.69, 9.17) is 14.5 Å². The summed E-state index contributed by atoms with van der Waals surface area (Å²) in [6, 6.07) is 1.96. The van der Waals surface area contributed by atoms with Crippen LogP contribution >= 0.6 is 0 Å². The van der Waals surface area contributed by atoms with Crippen LogP contribution in [0, 0.1) is 5.92 Å². The molecule has 0 unspecified atom stereocenters. The van der Waals surface area contributed by atoms with Crippen LogP contribution in [0.4, 0.5) is 5.82 Å². The molecule has 4 aliphatic heterocycles. The van der Waals surface area contributed by atoms with Crippen molar-refractivity contribution in [3.05, 3.63) is 47.2 Å². The molecule has 6 heterocycles. The van der Waals surface area contributed by atoms with Crippen molar-refractivity contribution in [2.45, 2.75) is 44.3 Å². The highest BCUT2D eigenvalue weighted by Gasteiger charge is 2.47. The van der Waals surface area contributed by atoms with Crippen molar-refractivity contribution >= 4 is 17.4 Å². The van der Waals surface area contributed by atoms with Crippen molar-refractivity contribution in [3.63, 3.8) is 0 Å². The van der Waals surface area contributed by atoms with Gasteiger partial charge in [0.2, 0.25) is 5.91 Å². The van der Waals surface area contributed by atoms with E-state index in [1.807, 2.05) is 27.8 Å². The van der Waals surface area contributed by atoms with E-state index in [1.54, 1.807) is 0 Å². The van der Waals surface area contributed by atoms with Crippen LogP contribution in [0.25, 0.3) is 5.65 Å². The van der Waals surface area contributed by atoms with E-state index >= 15 is 0 Å². The van der Waals surface area contributed by atoms with E-state index in [0.29, 0.717) is 13.1 Å². The zero-order valence-electron chi connectivity index (χ0n) is 19.3. The number of fused-ring (bicyclic) bond motifs is 2. The van der Waals surface area contributed by atoms with Crippen molar-refractivity contribution < 1.29 is 14.3 Å². The summed E-state index contributed by atoms with van der Waals surface area (Å²) < 4.78 is 14.4. The van der Waals surface area contributed by atoms with Crippen LogP contribution < -0.4 is 10.2 Å². The molecule has 0 bridgehead atoms. The van der Waals surface area contributed by atoms with E-state index in [-0.39, 0.29) is 11.8 Å². The molecule has 1 amide bonds. The van der Waals surface area contributed by atoms with E-state index < -0.39 is 5.79 Å². The van der Waals surface area contributed by atoms with Crippen LogP contribution in [-0.2, 0) is 27.1 Å².